The molecule has 0 amide bonds. The Bertz CT molecular complexity index is 135. The van der Waals surface area contributed by atoms with Gasteiger partial charge in [-0.3, -0.25) is 0 Å². The molecular weight excluding hydrogens is 126 g/mol. The first kappa shape index (κ1) is 5.59. The standard InChI is InChI=1S/C6H8F2O/c7-6(8)2-1-4-5(3-6)9-4/h4-5H,1-3H2. The summed E-state index contributed by atoms with van der Waals surface area (Å²) in [6.45, 7) is 0. The van der Waals surface area contributed by atoms with Crippen molar-refractivity contribution < 1.29 is 13.5 Å². The van der Waals surface area contributed by atoms with Gasteiger partial charge in [0.2, 0.25) is 0 Å². The van der Waals surface area contributed by atoms with Crippen LogP contribution in [0, 0.1) is 0 Å². The van der Waals surface area contributed by atoms with E-state index in [2.05, 4.69) is 0 Å². The van der Waals surface area contributed by atoms with E-state index >= 15 is 0 Å². The predicted octanol–water partition coefficient (Wildman–Crippen LogP) is 1.57. The Morgan fingerprint density at radius 1 is 1.33 bits per heavy atom. The lowest BCUT2D eigenvalue weighted by molar-refractivity contribution is -0.0276. The van der Waals surface area contributed by atoms with Crippen LogP contribution < -0.4 is 0 Å². The molecule has 1 nitrogen and oxygen atoms in total. The average Bonchev–Trinajstić information content (AvgIpc) is 2.41. The van der Waals surface area contributed by atoms with Gasteiger partial charge in [0.1, 0.15) is 0 Å². The molecule has 0 aromatic carbocycles. The summed E-state index contributed by atoms with van der Waals surface area (Å²) >= 11 is 0. The zero-order valence-corrected chi connectivity index (χ0v) is 4.94. The quantitative estimate of drug-likeness (QED) is 0.458. The summed E-state index contributed by atoms with van der Waals surface area (Å²) in [5, 5.41) is 0. The first-order valence-corrected chi connectivity index (χ1v) is 3.21. The van der Waals surface area contributed by atoms with E-state index in [0.29, 0.717) is 6.42 Å². The van der Waals surface area contributed by atoms with Crippen molar-refractivity contribution in [3.8, 4) is 0 Å². The summed E-state index contributed by atoms with van der Waals surface area (Å²) in [6.07, 6.45) is 0.613. The second kappa shape index (κ2) is 1.45. The minimum atomic E-state index is -2.43. The molecular formula is C6H8F2O. The van der Waals surface area contributed by atoms with E-state index < -0.39 is 5.92 Å². The number of fused-ring (bicyclic) bond motifs is 1. The molecule has 0 bridgehead atoms. The smallest absolute Gasteiger partial charge is 0.250 e. The highest BCUT2D eigenvalue weighted by atomic mass is 19.3. The van der Waals surface area contributed by atoms with Crippen molar-refractivity contribution in [1.29, 1.82) is 0 Å². The van der Waals surface area contributed by atoms with Crippen molar-refractivity contribution >= 4 is 0 Å². The fourth-order valence-electron chi connectivity index (χ4n) is 1.36. The molecule has 2 rings (SSSR count). The van der Waals surface area contributed by atoms with Gasteiger partial charge in [-0.15, -0.1) is 0 Å². The van der Waals surface area contributed by atoms with Crippen molar-refractivity contribution in [1.82, 2.24) is 0 Å². The molecule has 1 saturated carbocycles. The summed E-state index contributed by atoms with van der Waals surface area (Å²) in [7, 11) is 0. The normalized spacial score (nSPS) is 46.0. The van der Waals surface area contributed by atoms with E-state index in [9.17, 15) is 8.78 Å². The van der Waals surface area contributed by atoms with Gasteiger partial charge in [-0.25, -0.2) is 8.78 Å². The zero-order valence-electron chi connectivity index (χ0n) is 4.94. The first-order chi connectivity index (χ1) is 4.17. The topological polar surface area (TPSA) is 12.5 Å². The second-order valence-corrected chi connectivity index (χ2v) is 2.81. The first-order valence-electron chi connectivity index (χ1n) is 3.21. The summed E-state index contributed by atoms with van der Waals surface area (Å²) in [6, 6.07) is 0. The van der Waals surface area contributed by atoms with E-state index in [-0.39, 0.29) is 25.0 Å². The van der Waals surface area contributed by atoms with Crippen LogP contribution in [0.25, 0.3) is 0 Å². The molecule has 1 aliphatic heterocycles. The van der Waals surface area contributed by atoms with Crippen LogP contribution in [-0.2, 0) is 4.74 Å². The third-order valence-electron chi connectivity index (χ3n) is 1.98. The molecule has 52 valence electrons. The average molecular weight is 134 g/mol. The van der Waals surface area contributed by atoms with Crippen LogP contribution >= 0.6 is 0 Å². The summed E-state index contributed by atoms with van der Waals surface area (Å²) in [5.74, 6) is -2.43. The highest BCUT2D eigenvalue weighted by Crippen LogP contribution is 2.43. The van der Waals surface area contributed by atoms with Crippen LogP contribution in [-0.4, -0.2) is 18.1 Å². The number of hydrogen-bond donors (Lipinski definition) is 0. The van der Waals surface area contributed by atoms with Gasteiger partial charge >= 0.3 is 0 Å². The highest BCUT2D eigenvalue weighted by Gasteiger charge is 2.51. The third kappa shape index (κ3) is 0.936. The summed E-state index contributed by atoms with van der Waals surface area (Å²) in [5.41, 5.74) is 0. The summed E-state index contributed by atoms with van der Waals surface area (Å²) < 4.78 is 29.7. The molecule has 9 heavy (non-hydrogen) atoms. The molecule has 1 heterocycles. The van der Waals surface area contributed by atoms with Crippen molar-refractivity contribution in [2.45, 2.75) is 37.4 Å². The Morgan fingerprint density at radius 3 is 2.67 bits per heavy atom. The monoisotopic (exact) mass is 134 g/mol. The minimum absolute atomic E-state index is 0.0220. The van der Waals surface area contributed by atoms with E-state index in [0.717, 1.165) is 0 Å². The number of hydrogen-bond acceptors (Lipinski definition) is 1. The maximum absolute atomic E-state index is 12.4. The van der Waals surface area contributed by atoms with E-state index in [1.807, 2.05) is 0 Å². The van der Waals surface area contributed by atoms with Gasteiger partial charge < -0.3 is 4.74 Å². The van der Waals surface area contributed by atoms with Crippen molar-refractivity contribution in [3.63, 3.8) is 0 Å². The SMILES string of the molecule is FC1(F)CCC2OC2C1. The van der Waals surface area contributed by atoms with E-state index in [1.54, 1.807) is 0 Å². The molecule has 1 saturated heterocycles. The lowest BCUT2D eigenvalue weighted by Crippen LogP contribution is -2.24. The Balaban J connectivity index is 2.01. The molecule has 2 fully saturated rings. The minimum Gasteiger partial charge on any atom is -0.369 e. The fraction of sp³-hybridized carbons (Fsp3) is 1.00. The maximum atomic E-state index is 12.4. The Kier molecular flexibility index (Phi) is 0.903. The molecule has 0 aromatic rings. The molecule has 1 aliphatic carbocycles. The molecule has 3 heteroatoms. The Hall–Kier alpha value is -0.180. The third-order valence-corrected chi connectivity index (χ3v) is 1.98. The molecule has 0 N–H and O–H groups in total. The number of ether oxygens (including phenoxy) is 1. The number of epoxide rings is 1. The molecule has 0 aromatic heterocycles. The molecule has 2 aliphatic rings. The van der Waals surface area contributed by atoms with Crippen LogP contribution in [0.15, 0.2) is 0 Å². The maximum Gasteiger partial charge on any atom is 0.250 e. The molecule has 0 radical (unpaired) electrons. The Labute approximate surface area is 52.0 Å². The van der Waals surface area contributed by atoms with Gasteiger partial charge in [0.15, 0.2) is 0 Å². The number of rotatable bonds is 0. The molecule has 2 unspecified atom stereocenters. The molecule has 2 atom stereocenters. The van der Waals surface area contributed by atoms with Crippen LogP contribution in [0.4, 0.5) is 8.78 Å². The van der Waals surface area contributed by atoms with E-state index in [1.165, 1.54) is 0 Å². The van der Waals surface area contributed by atoms with Gasteiger partial charge in [-0.2, -0.15) is 0 Å². The van der Waals surface area contributed by atoms with Crippen LogP contribution in [0.5, 0.6) is 0 Å². The zero-order chi connectivity index (χ0) is 6.48. The largest absolute Gasteiger partial charge is 0.369 e. The van der Waals surface area contributed by atoms with Crippen molar-refractivity contribution in [2.24, 2.45) is 0 Å². The summed E-state index contributed by atoms with van der Waals surface area (Å²) in [4.78, 5) is 0. The number of halogens is 2. The lowest BCUT2D eigenvalue weighted by Gasteiger charge is -2.17. The second-order valence-electron chi connectivity index (χ2n) is 2.81. The van der Waals surface area contributed by atoms with Gasteiger partial charge in [-0.1, -0.05) is 0 Å². The highest BCUT2D eigenvalue weighted by molar-refractivity contribution is 4.95. The van der Waals surface area contributed by atoms with Crippen molar-refractivity contribution in [3.05, 3.63) is 0 Å². The van der Waals surface area contributed by atoms with Gasteiger partial charge in [0.25, 0.3) is 5.92 Å². The van der Waals surface area contributed by atoms with Crippen LogP contribution in [0.3, 0.4) is 0 Å². The van der Waals surface area contributed by atoms with Gasteiger partial charge in [-0.05, 0) is 6.42 Å². The van der Waals surface area contributed by atoms with Gasteiger partial charge in [0.05, 0.1) is 12.2 Å². The van der Waals surface area contributed by atoms with E-state index in [4.69, 9.17) is 4.74 Å². The Morgan fingerprint density at radius 2 is 2.11 bits per heavy atom. The van der Waals surface area contributed by atoms with Gasteiger partial charge in [0, 0.05) is 12.8 Å². The fourth-order valence-corrected chi connectivity index (χ4v) is 1.36. The predicted molar refractivity (Wildman–Crippen MR) is 27.5 cm³/mol. The molecule has 0 spiro atoms. The van der Waals surface area contributed by atoms with Crippen LogP contribution in [0.2, 0.25) is 0 Å². The number of alkyl halides is 2. The lowest BCUT2D eigenvalue weighted by atomic mass is 9.97. The van der Waals surface area contributed by atoms with Crippen LogP contribution in [0.1, 0.15) is 19.3 Å². The van der Waals surface area contributed by atoms with Crippen molar-refractivity contribution in [2.75, 3.05) is 0 Å².